The number of imidazole rings is 1. The zero-order valence-electron chi connectivity index (χ0n) is 11.7. The Labute approximate surface area is 113 Å². The van der Waals surface area contributed by atoms with Crippen molar-refractivity contribution in [2.75, 3.05) is 0 Å². The molecule has 4 nitrogen and oxygen atoms in total. The Kier molecular flexibility index (Phi) is 3.88. The van der Waals surface area contributed by atoms with Crippen LogP contribution < -0.4 is 0 Å². The number of carboxylic acids is 1. The first-order chi connectivity index (χ1) is 9.06. The van der Waals surface area contributed by atoms with Gasteiger partial charge in [0.05, 0.1) is 16.6 Å². The molecule has 4 heteroatoms. The number of benzene rings is 1. The fraction of sp³-hybridized carbons (Fsp3) is 0.467. The lowest BCUT2D eigenvalue weighted by molar-refractivity contribution is 0.0697. The minimum atomic E-state index is -0.892. The van der Waals surface area contributed by atoms with Crippen molar-refractivity contribution in [1.82, 2.24) is 9.55 Å². The van der Waals surface area contributed by atoms with E-state index in [1.54, 1.807) is 18.2 Å². The zero-order chi connectivity index (χ0) is 14.0. The number of aromatic carboxylic acids is 1. The van der Waals surface area contributed by atoms with Crippen molar-refractivity contribution in [3.05, 3.63) is 29.6 Å². The molecule has 0 spiro atoms. The van der Waals surface area contributed by atoms with Gasteiger partial charge >= 0.3 is 5.97 Å². The van der Waals surface area contributed by atoms with Crippen LogP contribution in [0.4, 0.5) is 0 Å². The molecule has 1 heterocycles. The summed E-state index contributed by atoms with van der Waals surface area (Å²) in [4.78, 5) is 15.7. The molecule has 0 saturated heterocycles. The number of hydrogen-bond acceptors (Lipinski definition) is 2. The summed E-state index contributed by atoms with van der Waals surface area (Å²) in [5.74, 6) is 0.685. The molecule has 1 unspecified atom stereocenters. The summed E-state index contributed by atoms with van der Waals surface area (Å²) in [7, 11) is 0. The van der Waals surface area contributed by atoms with Crippen LogP contribution in [0.5, 0.6) is 0 Å². The average Bonchev–Trinajstić information content (AvgIpc) is 2.75. The zero-order valence-corrected chi connectivity index (χ0v) is 11.7. The van der Waals surface area contributed by atoms with Crippen LogP contribution in [0.1, 0.15) is 43.4 Å². The summed E-state index contributed by atoms with van der Waals surface area (Å²) < 4.78 is 2.16. The smallest absolute Gasteiger partial charge is 0.335 e. The summed E-state index contributed by atoms with van der Waals surface area (Å²) in [6.07, 6.45) is 1.95. The molecule has 1 N–H and O–H groups in total. The largest absolute Gasteiger partial charge is 0.478 e. The van der Waals surface area contributed by atoms with Gasteiger partial charge in [-0.05, 0) is 24.1 Å². The van der Waals surface area contributed by atoms with Gasteiger partial charge in [0, 0.05) is 13.0 Å². The van der Waals surface area contributed by atoms with E-state index in [9.17, 15) is 4.79 Å². The van der Waals surface area contributed by atoms with E-state index >= 15 is 0 Å². The Balaban J connectivity index is 2.56. The predicted octanol–water partition coefficient (Wildman–Crippen LogP) is 3.34. The molecule has 0 amide bonds. The fourth-order valence-electron chi connectivity index (χ4n) is 2.22. The van der Waals surface area contributed by atoms with E-state index in [2.05, 4.69) is 30.3 Å². The number of fused-ring (bicyclic) bond motifs is 1. The quantitative estimate of drug-likeness (QED) is 0.897. The molecule has 0 bridgehead atoms. The van der Waals surface area contributed by atoms with Gasteiger partial charge in [-0.2, -0.15) is 0 Å². The van der Waals surface area contributed by atoms with Crippen LogP contribution in [-0.2, 0) is 13.0 Å². The monoisotopic (exact) mass is 260 g/mol. The van der Waals surface area contributed by atoms with Crippen molar-refractivity contribution >= 4 is 17.0 Å². The number of rotatable bonds is 5. The molecule has 0 aliphatic heterocycles. The van der Waals surface area contributed by atoms with E-state index in [1.807, 2.05) is 0 Å². The lowest BCUT2D eigenvalue weighted by Gasteiger charge is -2.13. The minimum Gasteiger partial charge on any atom is -0.478 e. The van der Waals surface area contributed by atoms with Crippen molar-refractivity contribution in [2.24, 2.45) is 5.92 Å². The van der Waals surface area contributed by atoms with Crippen molar-refractivity contribution in [3.8, 4) is 0 Å². The summed E-state index contributed by atoms with van der Waals surface area (Å²) in [6.45, 7) is 7.33. The SMILES string of the molecule is CCc1nc2ccc(C(=O)O)cc2n1CC(C)CC. The van der Waals surface area contributed by atoms with Gasteiger partial charge in [-0.1, -0.05) is 27.2 Å². The molecular weight excluding hydrogens is 240 g/mol. The third-order valence-electron chi connectivity index (χ3n) is 3.58. The highest BCUT2D eigenvalue weighted by Gasteiger charge is 2.13. The van der Waals surface area contributed by atoms with Crippen LogP contribution >= 0.6 is 0 Å². The predicted molar refractivity (Wildman–Crippen MR) is 75.5 cm³/mol. The van der Waals surface area contributed by atoms with E-state index in [0.717, 1.165) is 36.2 Å². The van der Waals surface area contributed by atoms with Gasteiger partial charge < -0.3 is 9.67 Å². The number of hydrogen-bond donors (Lipinski definition) is 1. The van der Waals surface area contributed by atoms with Crippen LogP contribution in [0.3, 0.4) is 0 Å². The van der Waals surface area contributed by atoms with Gasteiger partial charge in [-0.15, -0.1) is 0 Å². The highest BCUT2D eigenvalue weighted by molar-refractivity contribution is 5.92. The Morgan fingerprint density at radius 1 is 1.42 bits per heavy atom. The van der Waals surface area contributed by atoms with Crippen LogP contribution in [-0.4, -0.2) is 20.6 Å². The Bertz CT molecular complexity index is 601. The molecule has 0 radical (unpaired) electrons. The molecule has 102 valence electrons. The normalized spacial score (nSPS) is 12.8. The van der Waals surface area contributed by atoms with Gasteiger partial charge in [-0.3, -0.25) is 0 Å². The van der Waals surface area contributed by atoms with E-state index in [0.29, 0.717) is 11.5 Å². The van der Waals surface area contributed by atoms with Crippen molar-refractivity contribution in [3.63, 3.8) is 0 Å². The average molecular weight is 260 g/mol. The van der Waals surface area contributed by atoms with E-state index < -0.39 is 5.97 Å². The van der Waals surface area contributed by atoms with Crippen molar-refractivity contribution < 1.29 is 9.90 Å². The lowest BCUT2D eigenvalue weighted by atomic mass is 10.1. The first-order valence-electron chi connectivity index (χ1n) is 6.79. The first kappa shape index (κ1) is 13.6. The van der Waals surface area contributed by atoms with Crippen LogP contribution in [0.15, 0.2) is 18.2 Å². The van der Waals surface area contributed by atoms with Gasteiger partial charge in [-0.25, -0.2) is 9.78 Å². The number of nitrogens with zero attached hydrogens (tertiary/aromatic N) is 2. The molecular formula is C15H20N2O2. The maximum Gasteiger partial charge on any atom is 0.335 e. The highest BCUT2D eigenvalue weighted by atomic mass is 16.4. The molecule has 2 rings (SSSR count). The summed E-state index contributed by atoms with van der Waals surface area (Å²) in [6, 6.07) is 5.14. The van der Waals surface area contributed by atoms with Crippen LogP contribution in [0.25, 0.3) is 11.0 Å². The Morgan fingerprint density at radius 3 is 2.74 bits per heavy atom. The van der Waals surface area contributed by atoms with E-state index in [-0.39, 0.29) is 0 Å². The Morgan fingerprint density at radius 2 is 2.16 bits per heavy atom. The summed E-state index contributed by atoms with van der Waals surface area (Å²) >= 11 is 0. The van der Waals surface area contributed by atoms with E-state index in [4.69, 9.17) is 5.11 Å². The molecule has 0 aliphatic rings. The van der Waals surface area contributed by atoms with Crippen molar-refractivity contribution in [2.45, 2.75) is 40.2 Å². The number of aryl methyl sites for hydroxylation is 1. The molecule has 1 atom stereocenters. The molecule has 1 aromatic carbocycles. The highest BCUT2D eigenvalue weighted by Crippen LogP contribution is 2.21. The maximum atomic E-state index is 11.1. The first-order valence-corrected chi connectivity index (χ1v) is 6.79. The number of carboxylic acid groups (broad SMARTS) is 1. The molecule has 2 aromatic rings. The third kappa shape index (κ3) is 2.62. The second-order valence-electron chi connectivity index (χ2n) is 5.01. The second-order valence-corrected chi connectivity index (χ2v) is 5.01. The standard InChI is InChI=1S/C15H20N2O2/c1-4-10(3)9-17-13-8-11(15(18)19)6-7-12(13)16-14(17)5-2/h6-8,10H,4-5,9H2,1-3H3,(H,18,19). The molecule has 0 aliphatic carbocycles. The molecule has 0 fully saturated rings. The molecule has 1 aromatic heterocycles. The van der Waals surface area contributed by atoms with Crippen LogP contribution in [0.2, 0.25) is 0 Å². The van der Waals surface area contributed by atoms with Gasteiger partial charge in [0.15, 0.2) is 0 Å². The lowest BCUT2D eigenvalue weighted by Crippen LogP contribution is -2.10. The number of aromatic nitrogens is 2. The Hall–Kier alpha value is -1.84. The van der Waals surface area contributed by atoms with Crippen molar-refractivity contribution in [1.29, 1.82) is 0 Å². The minimum absolute atomic E-state index is 0.320. The van der Waals surface area contributed by atoms with Gasteiger partial charge in [0.25, 0.3) is 0 Å². The second kappa shape index (κ2) is 5.43. The summed E-state index contributed by atoms with van der Waals surface area (Å²) in [5.41, 5.74) is 2.13. The molecule has 19 heavy (non-hydrogen) atoms. The fourth-order valence-corrected chi connectivity index (χ4v) is 2.22. The molecule has 0 saturated carbocycles. The third-order valence-corrected chi connectivity index (χ3v) is 3.58. The topological polar surface area (TPSA) is 55.1 Å². The summed E-state index contributed by atoms with van der Waals surface area (Å²) in [5, 5.41) is 9.10. The maximum absolute atomic E-state index is 11.1. The number of carbonyl (C=O) groups is 1. The van der Waals surface area contributed by atoms with Crippen LogP contribution in [0, 0.1) is 5.92 Å². The van der Waals surface area contributed by atoms with Gasteiger partial charge in [0.2, 0.25) is 0 Å². The van der Waals surface area contributed by atoms with E-state index in [1.165, 1.54) is 0 Å². The van der Waals surface area contributed by atoms with Gasteiger partial charge in [0.1, 0.15) is 5.82 Å².